The summed E-state index contributed by atoms with van der Waals surface area (Å²) in [6.07, 6.45) is -1.11. The molecular formula is C22H21NO6. The molecule has 1 heterocycles. The number of esters is 1. The molecule has 2 atom stereocenters. The van der Waals surface area contributed by atoms with E-state index in [1.54, 1.807) is 38.1 Å². The molecule has 7 nitrogen and oxygen atoms in total. The van der Waals surface area contributed by atoms with Gasteiger partial charge in [-0.05, 0) is 38.5 Å². The first-order valence-electron chi connectivity index (χ1n) is 9.16. The van der Waals surface area contributed by atoms with Crippen LogP contribution in [0.5, 0.6) is 0 Å². The molecule has 0 aromatic heterocycles. The van der Waals surface area contributed by atoms with Crippen molar-refractivity contribution in [1.29, 1.82) is 0 Å². The maximum atomic E-state index is 13.3. The van der Waals surface area contributed by atoms with Crippen molar-refractivity contribution in [2.24, 2.45) is 10.8 Å². The average Bonchev–Trinajstić information content (AvgIpc) is 2.70. The van der Waals surface area contributed by atoms with Crippen LogP contribution in [0.2, 0.25) is 0 Å². The Morgan fingerprint density at radius 1 is 1.03 bits per heavy atom. The lowest BCUT2D eigenvalue weighted by Gasteiger charge is -2.44. The average molecular weight is 395 g/mol. The summed E-state index contributed by atoms with van der Waals surface area (Å²) < 4.78 is 5.66. The summed E-state index contributed by atoms with van der Waals surface area (Å²) in [5.74, 6) is -1.57. The zero-order valence-corrected chi connectivity index (χ0v) is 16.4. The maximum Gasteiger partial charge on any atom is 0.320 e. The molecule has 2 aromatic carbocycles. The molecule has 2 aromatic rings. The van der Waals surface area contributed by atoms with E-state index in [2.05, 4.69) is 0 Å². The number of hydrogen-bond donors (Lipinski definition) is 0. The normalized spacial score (nSPS) is 23.3. The highest BCUT2D eigenvalue weighted by Crippen LogP contribution is 2.49. The van der Waals surface area contributed by atoms with Crippen LogP contribution in [0.3, 0.4) is 0 Å². The number of benzene rings is 2. The summed E-state index contributed by atoms with van der Waals surface area (Å²) in [5.41, 5.74) is -1.90. The number of ketones is 2. The van der Waals surface area contributed by atoms with E-state index in [4.69, 9.17) is 4.74 Å². The van der Waals surface area contributed by atoms with Crippen molar-refractivity contribution in [2.75, 3.05) is 0 Å². The van der Waals surface area contributed by atoms with Gasteiger partial charge in [-0.25, -0.2) is 0 Å². The highest BCUT2D eigenvalue weighted by atomic mass is 16.6. The van der Waals surface area contributed by atoms with Crippen molar-refractivity contribution >= 4 is 23.2 Å². The molecule has 0 radical (unpaired) electrons. The van der Waals surface area contributed by atoms with Crippen molar-refractivity contribution in [3.05, 3.63) is 75.8 Å². The summed E-state index contributed by atoms with van der Waals surface area (Å²) in [7, 11) is 0. The highest BCUT2D eigenvalue weighted by molar-refractivity contribution is 6.12. The Labute approximate surface area is 167 Å². The molecular weight excluding hydrogens is 374 g/mol. The Hall–Kier alpha value is -3.35. The predicted molar refractivity (Wildman–Crippen MR) is 104 cm³/mol. The first-order chi connectivity index (χ1) is 13.6. The van der Waals surface area contributed by atoms with E-state index in [0.717, 1.165) is 0 Å². The van der Waals surface area contributed by atoms with Gasteiger partial charge in [0, 0.05) is 24.1 Å². The van der Waals surface area contributed by atoms with Crippen LogP contribution in [0.25, 0.3) is 0 Å². The Morgan fingerprint density at radius 2 is 1.62 bits per heavy atom. The molecule has 150 valence electrons. The number of hydrogen-bond acceptors (Lipinski definition) is 6. The molecule has 7 heteroatoms. The molecule has 0 spiro atoms. The molecule has 0 amide bonds. The number of non-ortho nitro benzene ring substituents is 1. The van der Waals surface area contributed by atoms with Crippen LogP contribution in [0.1, 0.15) is 49.2 Å². The lowest BCUT2D eigenvalue weighted by atomic mass is 9.64. The summed E-state index contributed by atoms with van der Waals surface area (Å²) in [6, 6.07) is 14.1. The Bertz CT molecular complexity index is 980. The number of ether oxygens (including phenoxy) is 1. The summed E-state index contributed by atoms with van der Waals surface area (Å²) >= 11 is 0. The van der Waals surface area contributed by atoms with Gasteiger partial charge in [-0.1, -0.05) is 30.3 Å². The second-order valence-corrected chi connectivity index (χ2v) is 7.98. The van der Waals surface area contributed by atoms with Gasteiger partial charge in [0.15, 0.2) is 11.6 Å². The molecule has 2 unspecified atom stereocenters. The van der Waals surface area contributed by atoms with Crippen molar-refractivity contribution in [2.45, 2.75) is 33.3 Å². The quantitative estimate of drug-likeness (QED) is 0.249. The van der Waals surface area contributed by atoms with Gasteiger partial charge >= 0.3 is 5.97 Å². The topological polar surface area (TPSA) is 104 Å². The number of cyclic esters (lactones) is 1. The molecule has 0 bridgehead atoms. The van der Waals surface area contributed by atoms with Gasteiger partial charge in [-0.3, -0.25) is 24.5 Å². The number of Topliss-reactive ketones (excluding diaryl/α,β-unsaturated/α-hetero) is 2. The van der Waals surface area contributed by atoms with E-state index in [0.29, 0.717) is 5.56 Å². The SMILES string of the molecule is CC1(CC(=O)c2ccc([N+](=O)[O-])cc2)C(=O)OC(c2ccccc2)C(C)(C)C1=O. The molecule has 1 aliphatic rings. The zero-order chi connectivity index (χ0) is 21.4. The van der Waals surface area contributed by atoms with Crippen LogP contribution in [0.4, 0.5) is 5.69 Å². The first kappa shape index (κ1) is 20.4. The van der Waals surface area contributed by atoms with Crippen molar-refractivity contribution < 1.29 is 24.0 Å². The lowest BCUT2D eigenvalue weighted by molar-refractivity contribution is -0.384. The predicted octanol–water partition coefficient (Wildman–Crippen LogP) is 4.07. The molecule has 29 heavy (non-hydrogen) atoms. The van der Waals surface area contributed by atoms with Crippen LogP contribution in [-0.2, 0) is 14.3 Å². The van der Waals surface area contributed by atoms with Gasteiger partial charge in [0.05, 0.1) is 10.3 Å². The van der Waals surface area contributed by atoms with Gasteiger partial charge in [0.25, 0.3) is 5.69 Å². The Kier molecular flexibility index (Phi) is 5.09. The van der Waals surface area contributed by atoms with Crippen molar-refractivity contribution in [3.8, 4) is 0 Å². The number of carbonyl (C=O) groups is 3. The number of nitrogens with zero attached hydrogens (tertiary/aromatic N) is 1. The summed E-state index contributed by atoms with van der Waals surface area (Å²) in [6.45, 7) is 4.83. The minimum atomic E-state index is -1.63. The number of rotatable bonds is 5. The van der Waals surface area contributed by atoms with Crippen molar-refractivity contribution in [1.82, 2.24) is 0 Å². The van der Waals surface area contributed by atoms with Gasteiger partial charge in [0.1, 0.15) is 11.5 Å². The third kappa shape index (κ3) is 3.55. The Balaban J connectivity index is 1.87. The molecule has 0 N–H and O–H groups in total. The maximum absolute atomic E-state index is 13.3. The van der Waals surface area contributed by atoms with E-state index >= 15 is 0 Å². The van der Waals surface area contributed by atoms with Gasteiger partial charge in [0.2, 0.25) is 0 Å². The number of nitro benzene ring substituents is 1. The number of carbonyl (C=O) groups excluding carboxylic acids is 3. The van der Waals surface area contributed by atoms with Gasteiger partial charge < -0.3 is 4.74 Å². The second kappa shape index (κ2) is 7.24. The van der Waals surface area contributed by atoms with E-state index in [1.165, 1.54) is 31.2 Å². The monoisotopic (exact) mass is 395 g/mol. The largest absolute Gasteiger partial charge is 0.456 e. The smallest absolute Gasteiger partial charge is 0.320 e. The summed E-state index contributed by atoms with van der Waals surface area (Å²) in [4.78, 5) is 49.1. The van der Waals surface area contributed by atoms with Crippen LogP contribution in [0, 0.1) is 20.9 Å². The molecule has 1 fully saturated rings. The molecule has 0 saturated carbocycles. The third-order valence-electron chi connectivity index (χ3n) is 5.43. The fraction of sp³-hybridized carbons (Fsp3) is 0.318. The fourth-order valence-corrected chi connectivity index (χ4v) is 3.76. The standard InChI is InChI=1S/C22H21NO6/c1-21(2)18(15-7-5-4-6-8-15)29-20(26)22(3,19(21)25)13-17(24)14-9-11-16(12-10-14)23(27)28/h4-12,18H,13H2,1-3H3. The summed E-state index contributed by atoms with van der Waals surface area (Å²) in [5, 5.41) is 10.8. The number of nitro groups is 1. The molecule has 3 rings (SSSR count). The first-order valence-corrected chi connectivity index (χ1v) is 9.16. The fourth-order valence-electron chi connectivity index (χ4n) is 3.76. The zero-order valence-electron chi connectivity index (χ0n) is 16.4. The molecule has 1 aliphatic heterocycles. The van der Waals surface area contributed by atoms with E-state index < -0.39 is 33.6 Å². The van der Waals surface area contributed by atoms with E-state index in [-0.39, 0.29) is 23.5 Å². The van der Waals surface area contributed by atoms with E-state index in [9.17, 15) is 24.5 Å². The van der Waals surface area contributed by atoms with Crippen LogP contribution < -0.4 is 0 Å². The Morgan fingerprint density at radius 3 is 2.17 bits per heavy atom. The van der Waals surface area contributed by atoms with Crippen molar-refractivity contribution in [3.63, 3.8) is 0 Å². The van der Waals surface area contributed by atoms with Crippen LogP contribution >= 0.6 is 0 Å². The second-order valence-electron chi connectivity index (χ2n) is 7.98. The van der Waals surface area contributed by atoms with E-state index in [1.807, 2.05) is 6.07 Å². The third-order valence-corrected chi connectivity index (χ3v) is 5.43. The molecule has 0 aliphatic carbocycles. The van der Waals surface area contributed by atoms with Crippen LogP contribution in [0.15, 0.2) is 54.6 Å². The minimum Gasteiger partial charge on any atom is -0.456 e. The highest BCUT2D eigenvalue weighted by Gasteiger charge is 2.58. The lowest BCUT2D eigenvalue weighted by Crippen LogP contribution is -2.54. The van der Waals surface area contributed by atoms with Gasteiger partial charge in [-0.15, -0.1) is 0 Å². The van der Waals surface area contributed by atoms with Gasteiger partial charge in [-0.2, -0.15) is 0 Å². The minimum absolute atomic E-state index is 0.146. The van der Waals surface area contributed by atoms with Crippen LogP contribution in [-0.4, -0.2) is 22.5 Å². The molecule has 1 saturated heterocycles.